The minimum absolute atomic E-state index is 0.0111. The fourth-order valence-corrected chi connectivity index (χ4v) is 7.79. The van der Waals surface area contributed by atoms with Gasteiger partial charge in [0.1, 0.15) is 6.04 Å². The first-order valence-corrected chi connectivity index (χ1v) is 15.1. The minimum atomic E-state index is -0.624. The lowest BCUT2D eigenvalue weighted by Crippen LogP contribution is -2.52. The van der Waals surface area contributed by atoms with Gasteiger partial charge in [-0.05, 0) is 79.5 Å². The molecular formula is C33H34N4O6. The number of fused-ring (bicyclic) bond motifs is 1. The topological polar surface area (TPSA) is 122 Å². The van der Waals surface area contributed by atoms with Gasteiger partial charge < -0.3 is 14.5 Å². The average Bonchev–Trinajstić information content (AvgIpc) is 3.68. The maximum atomic E-state index is 13.1. The summed E-state index contributed by atoms with van der Waals surface area (Å²) in [4.78, 5) is 51.8. The van der Waals surface area contributed by atoms with Crippen LogP contribution < -0.4 is 15.0 Å². The molecule has 0 aromatic heterocycles. The first kappa shape index (κ1) is 27.4. The van der Waals surface area contributed by atoms with Crippen molar-refractivity contribution >= 4 is 29.1 Å². The molecule has 3 aliphatic heterocycles. The molecule has 2 saturated carbocycles. The van der Waals surface area contributed by atoms with E-state index in [1.54, 1.807) is 17.0 Å². The number of nitro groups is 1. The van der Waals surface area contributed by atoms with E-state index in [1.165, 1.54) is 26.0 Å². The standard InChI is InChI=1S/C33H34N4O6/c1-43-29-16-23(7-8-27(29)37(41)42)35-13-11-33(12-14-35)17-22(18-33)25-15-21(25)6-5-20-3-2-4-24-26(20)19-36(32(24)40)28-9-10-30(38)34-31(28)39/h2-4,7-8,16,21-22,25,28H,9-15,17-19H2,1H3,(H,34,38,39)/t21-,25-,28?/m0/s1. The Balaban J connectivity index is 0.938. The van der Waals surface area contributed by atoms with Crippen molar-refractivity contribution in [1.82, 2.24) is 10.2 Å². The van der Waals surface area contributed by atoms with Crippen molar-refractivity contribution in [2.75, 3.05) is 25.1 Å². The van der Waals surface area contributed by atoms with Gasteiger partial charge in [0.05, 0.1) is 12.0 Å². The number of nitrogens with zero attached hydrogens (tertiary/aromatic N) is 3. The maximum Gasteiger partial charge on any atom is 0.311 e. The first-order chi connectivity index (χ1) is 20.7. The average molecular weight is 583 g/mol. The Morgan fingerprint density at radius 3 is 2.63 bits per heavy atom. The highest BCUT2D eigenvalue weighted by Crippen LogP contribution is 2.61. The number of nitrogens with one attached hydrogen (secondary N) is 1. The van der Waals surface area contributed by atoms with Gasteiger partial charge in [0.25, 0.3) is 5.91 Å². The smallest absolute Gasteiger partial charge is 0.311 e. The van der Waals surface area contributed by atoms with Gasteiger partial charge in [-0.25, -0.2) is 0 Å². The Labute approximate surface area is 249 Å². The second-order valence-corrected chi connectivity index (χ2v) is 12.8. The lowest BCUT2D eigenvalue weighted by molar-refractivity contribution is -0.385. The highest BCUT2D eigenvalue weighted by molar-refractivity contribution is 6.05. The van der Waals surface area contributed by atoms with Crippen molar-refractivity contribution in [3.8, 4) is 17.6 Å². The van der Waals surface area contributed by atoms with Crippen molar-refractivity contribution in [3.05, 3.63) is 63.2 Å². The molecule has 222 valence electrons. The van der Waals surface area contributed by atoms with E-state index in [-0.39, 0.29) is 23.9 Å². The number of anilines is 1. The molecule has 4 fully saturated rings. The second-order valence-electron chi connectivity index (χ2n) is 12.8. The number of hydrogen-bond acceptors (Lipinski definition) is 7. The molecule has 7 rings (SSSR count). The molecule has 0 radical (unpaired) electrons. The van der Waals surface area contributed by atoms with Gasteiger partial charge in [-0.1, -0.05) is 17.9 Å². The van der Waals surface area contributed by atoms with Crippen LogP contribution in [-0.4, -0.2) is 53.8 Å². The number of amides is 3. The van der Waals surface area contributed by atoms with E-state index in [9.17, 15) is 24.5 Å². The monoisotopic (exact) mass is 582 g/mol. The summed E-state index contributed by atoms with van der Waals surface area (Å²) < 4.78 is 5.26. The Bertz CT molecular complexity index is 1590. The van der Waals surface area contributed by atoms with Crippen molar-refractivity contribution in [2.24, 2.45) is 23.2 Å². The van der Waals surface area contributed by atoms with E-state index in [0.29, 0.717) is 47.4 Å². The normalized spacial score (nSPS) is 25.9. The Morgan fingerprint density at radius 1 is 1.12 bits per heavy atom. The first-order valence-electron chi connectivity index (χ1n) is 15.1. The van der Waals surface area contributed by atoms with Gasteiger partial charge >= 0.3 is 5.69 Å². The molecule has 1 unspecified atom stereocenters. The van der Waals surface area contributed by atoms with Gasteiger partial charge in [0.2, 0.25) is 11.8 Å². The summed E-state index contributed by atoms with van der Waals surface area (Å²) in [6, 6.07) is 10.1. The van der Waals surface area contributed by atoms with Crippen molar-refractivity contribution in [1.29, 1.82) is 0 Å². The van der Waals surface area contributed by atoms with Crippen molar-refractivity contribution in [2.45, 2.75) is 57.5 Å². The largest absolute Gasteiger partial charge is 0.490 e. The number of ether oxygens (including phenoxy) is 1. The number of imide groups is 1. The number of methoxy groups -OCH3 is 1. The van der Waals surface area contributed by atoms with Gasteiger partial charge in [0, 0.05) is 60.9 Å². The molecule has 2 aromatic carbocycles. The molecule has 10 heteroatoms. The fraction of sp³-hybridized carbons (Fsp3) is 0.485. The molecule has 2 aromatic rings. The Morgan fingerprint density at radius 2 is 1.91 bits per heavy atom. The third-order valence-corrected chi connectivity index (χ3v) is 10.4. The number of nitro benzene ring substituents is 1. The van der Waals surface area contributed by atoms with Crippen LogP contribution in [0.15, 0.2) is 36.4 Å². The lowest BCUT2D eigenvalue weighted by Gasteiger charge is -2.53. The molecule has 2 aliphatic carbocycles. The van der Waals surface area contributed by atoms with Gasteiger partial charge in [0.15, 0.2) is 5.75 Å². The fourth-order valence-electron chi connectivity index (χ4n) is 7.79. The van der Waals surface area contributed by atoms with Gasteiger partial charge in [-0.2, -0.15) is 0 Å². The maximum absolute atomic E-state index is 13.1. The van der Waals surface area contributed by atoms with E-state index < -0.39 is 16.9 Å². The summed E-state index contributed by atoms with van der Waals surface area (Å²) in [6.07, 6.45) is 6.44. The number of benzene rings is 2. The van der Waals surface area contributed by atoms with Crippen molar-refractivity contribution in [3.63, 3.8) is 0 Å². The Kier molecular flexibility index (Phi) is 6.64. The summed E-state index contributed by atoms with van der Waals surface area (Å²) in [5.74, 6) is 8.03. The summed E-state index contributed by atoms with van der Waals surface area (Å²) >= 11 is 0. The van der Waals surface area contributed by atoms with Gasteiger partial charge in [-0.3, -0.25) is 29.8 Å². The molecule has 1 N–H and O–H groups in total. The van der Waals surface area contributed by atoms with Crippen LogP contribution in [0.4, 0.5) is 11.4 Å². The summed E-state index contributed by atoms with van der Waals surface area (Å²) in [6.45, 7) is 2.22. The number of rotatable bonds is 5. The third-order valence-electron chi connectivity index (χ3n) is 10.4. The van der Waals surface area contributed by atoms with E-state index in [1.807, 2.05) is 18.2 Å². The zero-order valence-electron chi connectivity index (χ0n) is 24.1. The summed E-state index contributed by atoms with van der Waals surface area (Å²) in [7, 11) is 1.46. The van der Waals surface area contributed by atoms with Gasteiger partial charge in [-0.15, -0.1) is 0 Å². The van der Waals surface area contributed by atoms with Crippen LogP contribution in [0.25, 0.3) is 0 Å². The molecule has 3 atom stereocenters. The molecule has 10 nitrogen and oxygen atoms in total. The van der Waals surface area contributed by atoms with E-state index in [2.05, 4.69) is 22.1 Å². The molecule has 5 aliphatic rings. The second kappa shape index (κ2) is 10.4. The number of piperidine rings is 2. The molecule has 1 spiro atoms. The van der Waals surface area contributed by atoms with Crippen LogP contribution in [0.1, 0.15) is 66.4 Å². The van der Waals surface area contributed by atoms with Crippen LogP contribution in [0.2, 0.25) is 0 Å². The molecular weight excluding hydrogens is 548 g/mol. The zero-order valence-corrected chi connectivity index (χ0v) is 24.1. The highest BCUT2D eigenvalue weighted by atomic mass is 16.6. The zero-order chi connectivity index (χ0) is 29.9. The van der Waals surface area contributed by atoms with E-state index in [0.717, 1.165) is 49.2 Å². The third kappa shape index (κ3) is 4.90. The van der Waals surface area contributed by atoms with Crippen LogP contribution in [0.3, 0.4) is 0 Å². The number of hydrogen-bond donors (Lipinski definition) is 1. The lowest BCUT2D eigenvalue weighted by atomic mass is 9.56. The number of carbonyl (C=O) groups is 3. The highest BCUT2D eigenvalue weighted by Gasteiger charge is 2.54. The molecule has 43 heavy (non-hydrogen) atoms. The predicted molar refractivity (Wildman–Crippen MR) is 157 cm³/mol. The van der Waals surface area contributed by atoms with Crippen LogP contribution in [0, 0.1) is 45.1 Å². The van der Waals surface area contributed by atoms with Crippen molar-refractivity contribution < 1.29 is 24.0 Å². The SMILES string of the molecule is COc1cc(N2CCC3(CC2)CC([C@H]2C[C@@H]2C#Cc2cccc4c2CN(C2CCC(=O)NC2=O)C4=O)C3)ccc1[N+](=O)[O-]. The van der Waals surface area contributed by atoms with Crippen LogP contribution in [0.5, 0.6) is 5.75 Å². The molecule has 3 amide bonds. The quantitative estimate of drug-likeness (QED) is 0.244. The number of carbonyl (C=O) groups excluding carboxylic acids is 3. The summed E-state index contributed by atoms with van der Waals surface area (Å²) in [5, 5.41) is 13.6. The van der Waals surface area contributed by atoms with Crippen LogP contribution >= 0.6 is 0 Å². The Hall–Kier alpha value is -4.39. The minimum Gasteiger partial charge on any atom is -0.490 e. The summed E-state index contributed by atoms with van der Waals surface area (Å²) in [5.41, 5.74) is 3.69. The molecule has 0 bridgehead atoms. The van der Waals surface area contributed by atoms with E-state index in [4.69, 9.17) is 4.74 Å². The van der Waals surface area contributed by atoms with E-state index >= 15 is 0 Å². The molecule has 2 saturated heterocycles. The molecule has 3 heterocycles. The predicted octanol–water partition coefficient (Wildman–Crippen LogP) is 4.05. The van der Waals surface area contributed by atoms with Crippen LogP contribution in [-0.2, 0) is 16.1 Å².